The molecule has 0 saturated carbocycles. The van der Waals surface area contributed by atoms with E-state index >= 15 is 0 Å². The minimum atomic E-state index is -0.854. The van der Waals surface area contributed by atoms with E-state index in [4.69, 9.17) is 27.9 Å². The third-order valence-electron chi connectivity index (χ3n) is 2.62. The first-order valence-corrected chi connectivity index (χ1v) is 8.84. The molecule has 0 aliphatic carbocycles. The normalized spacial score (nSPS) is 12.5. The minimum absolute atomic E-state index is 0.416. The molecule has 20 heavy (non-hydrogen) atoms. The topological polar surface area (TPSA) is 29.5 Å². The van der Waals surface area contributed by atoms with E-state index in [9.17, 15) is 5.11 Å². The second kappa shape index (κ2) is 6.99. The molecule has 0 spiro atoms. The highest BCUT2D eigenvalue weighted by molar-refractivity contribution is 9.12. The Balaban J connectivity index is 2.42. The van der Waals surface area contributed by atoms with Crippen molar-refractivity contribution in [2.45, 2.75) is 13.0 Å². The van der Waals surface area contributed by atoms with Crippen LogP contribution in [-0.4, -0.2) is 11.7 Å². The van der Waals surface area contributed by atoms with Gasteiger partial charge in [-0.3, -0.25) is 0 Å². The summed E-state index contributed by atoms with van der Waals surface area (Å²) >= 11 is 20.7. The van der Waals surface area contributed by atoms with Crippen LogP contribution in [0.15, 0.2) is 25.8 Å². The number of aliphatic hydroxyl groups is 1. The summed E-state index contributed by atoms with van der Waals surface area (Å²) in [5.74, 6) is 0.515. The van der Waals surface area contributed by atoms with Crippen LogP contribution in [-0.2, 0) is 0 Å². The Labute approximate surface area is 147 Å². The molecule has 108 valence electrons. The van der Waals surface area contributed by atoms with Gasteiger partial charge in [-0.15, -0.1) is 11.3 Å². The van der Waals surface area contributed by atoms with Crippen LogP contribution < -0.4 is 4.74 Å². The minimum Gasteiger partial charge on any atom is -0.492 e. The first kappa shape index (κ1) is 16.6. The molecule has 0 radical (unpaired) electrons. The van der Waals surface area contributed by atoms with Gasteiger partial charge in [0.25, 0.3) is 0 Å². The van der Waals surface area contributed by atoms with Crippen LogP contribution in [0.3, 0.4) is 0 Å². The van der Waals surface area contributed by atoms with Crippen LogP contribution in [0.25, 0.3) is 0 Å². The van der Waals surface area contributed by atoms with Gasteiger partial charge in [0.05, 0.1) is 24.2 Å². The Bertz CT molecular complexity index is 631. The number of benzene rings is 1. The lowest BCUT2D eigenvalue weighted by Crippen LogP contribution is -2.01. The Hall–Kier alpha value is 0.220. The molecule has 2 nitrogen and oxygen atoms in total. The Kier molecular flexibility index (Phi) is 5.79. The number of thiophene rings is 1. The molecule has 0 saturated heterocycles. The standard InChI is InChI=1S/C13H10Br2Cl2O2S/c1-2-19-10-5-8(16)6(3-9(10)17)12(18)7-4-11(14)20-13(7)15/h3-5,12,18H,2H2,1H3. The first-order chi connectivity index (χ1) is 9.43. The summed E-state index contributed by atoms with van der Waals surface area (Å²) < 4.78 is 7.14. The fourth-order valence-corrected chi connectivity index (χ4v) is 5.09. The summed E-state index contributed by atoms with van der Waals surface area (Å²) in [6, 6.07) is 5.11. The van der Waals surface area contributed by atoms with Gasteiger partial charge in [-0.05, 0) is 50.9 Å². The molecule has 1 N–H and O–H groups in total. The average molecular weight is 461 g/mol. The van der Waals surface area contributed by atoms with Crippen LogP contribution in [0.2, 0.25) is 10.0 Å². The molecule has 2 aromatic rings. The van der Waals surface area contributed by atoms with Gasteiger partial charge in [0, 0.05) is 17.2 Å². The third-order valence-corrected chi connectivity index (χ3v) is 5.63. The molecule has 0 amide bonds. The van der Waals surface area contributed by atoms with Crippen LogP contribution >= 0.6 is 66.4 Å². The van der Waals surface area contributed by atoms with Gasteiger partial charge in [0.1, 0.15) is 11.9 Å². The maximum absolute atomic E-state index is 10.5. The zero-order chi connectivity index (χ0) is 14.9. The molecule has 7 heteroatoms. The maximum atomic E-state index is 10.5. The molecule has 1 atom stereocenters. The molecule has 2 rings (SSSR count). The van der Waals surface area contributed by atoms with Gasteiger partial charge in [-0.1, -0.05) is 23.2 Å². The zero-order valence-electron chi connectivity index (χ0n) is 10.3. The van der Waals surface area contributed by atoms with Crippen molar-refractivity contribution in [2.24, 2.45) is 0 Å². The SMILES string of the molecule is CCOc1cc(Cl)c(C(O)c2cc(Br)sc2Br)cc1Cl. The summed E-state index contributed by atoms with van der Waals surface area (Å²) in [5, 5.41) is 11.3. The quantitative estimate of drug-likeness (QED) is 0.600. The van der Waals surface area contributed by atoms with E-state index < -0.39 is 6.10 Å². The van der Waals surface area contributed by atoms with E-state index in [0.29, 0.717) is 28.0 Å². The zero-order valence-corrected chi connectivity index (χ0v) is 15.8. The summed E-state index contributed by atoms with van der Waals surface area (Å²) in [6.45, 7) is 2.37. The van der Waals surface area contributed by atoms with Gasteiger partial charge in [-0.25, -0.2) is 0 Å². The fourth-order valence-electron chi connectivity index (χ4n) is 1.73. The summed E-state index contributed by atoms with van der Waals surface area (Å²) in [5.41, 5.74) is 1.29. The van der Waals surface area contributed by atoms with Crippen molar-refractivity contribution in [3.05, 3.63) is 46.9 Å². The van der Waals surface area contributed by atoms with E-state index in [1.807, 2.05) is 13.0 Å². The number of hydrogen-bond acceptors (Lipinski definition) is 3. The smallest absolute Gasteiger partial charge is 0.139 e. The molecule has 1 aromatic carbocycles. The highest BCUT2D eigenvalue weighted by Crippen LogP contribution is 2.41. The van der Waals surface area contributed by atoms with Gasteiger partial charge in [-0.2, -0.15) is 0 Å². The van der Waals surface area contributed by atoms with Crippen molar-refractivity contribution in [3.63, 3.8) is 0 Å². The molecule has 0 aliphatic rings. The number of halogens is 4. The van der Waals surface area contributed by atoms with E-state index in [2.05, 4.69) is 31.9 Å². The van der Waals surface area contributed by atoms with Crippen molar-refractivity contribution in [2.75, 3.05) is 6.61 Å². The number of ether oxygens (including phenoxy) is 1. The van der Waals surface area contributed by atoms with E-state index in [1.165, 1.54) is 11.3 Å². The molecular formula is C13H10Br2Cl2O2S. The average Bonchev–Trinajstić information content (AvgIpc) is 2.72. The molecular weight excluding hydrogens is 451 g/mol. The van der Waals surface area contributed by atoms with Crippen molar-refractivity contribution >= 4 is 66.4 Å². The van der Waals surface area contributed by atoms with Gasteiger partial charge >= 0.3 is 0 Å². The van der Waals surface area contributed by atoms with Gasteiger partial charge < -0.3 is 9.84 Å². The Morgan fingerprint density at radius 2 is 1.90 bits per heavy atom. The number of rotatable bonds is 4. The van der Waals surface area contributed by atoms with Crippen LogP contribution in [0.5, 0.6) is 5.75 Å². The van der Waals surface area contributed by atoms with Crippen molar-refractivity contribution in [1.82, 2.24) is 0 Å². The predicted molar refractivity (Wildman–Crippen MR) is 91.4 cm³/mol. The van der Waals surface area contributed by atoms with Crippen molar-refractivity contribution in [3.8, 4) is 5.75 Å². The largest absolute Gasteiger partial charge is 0.492 e. The lowest BCUT2D eigenvalue weighted by Gasteiger charge is -2.15. The van der Waals surface area contributed by atoms with E-state index in [1.54, 1.807) is 12.1 Å². The van der Waals surface area contributed by atoms with Gasteiger partial charge in [0.2, 0.25) is 0 Å². The lowest BCUT2D eigenvalue weighted by atomic mass is 10.0. The second-order valence-corrected chi connectivity index (χ2v) is 8.48. The van der Waals surface area contributed by atoms with E-state index in [0.717, 1.165) is 13.1 Å². The fraction of sp³-hybridized carbons (Fsp3) is 0.231. The molecule has 0 bridgehead atoms. The Morgan fingerprint density at radius 3 is 2.45 bits per heavy atom. The number of aliphatic hydroxyl groups excluding tert-OH is 1. The highest BCUT2D eigenvalue weighted by atomic mass is 79.9. The first-order valence-electron chi connectivity index (χ1n) is 5.68. The van der Waals surface area contributed by atoms with Crippen LogP contribution in [0.4, 0.5) is 0 Å². The summed E-state index contributed by atoms with van der Waals surface area (Å²) in [4.78, 5) is 0. The third kappa shape index (κ3) is 3.51. The molecule has 1 heterocycles. The number of hydrogen-bond donors (Lipinski definition) is 1. The van der Waals surface area contributed by atoms with Crippen molar-refractivity contribution in [1.29, 1.82) is 0 Å². The van der Waals surface area contributed by atoms with E-state index in [-0.39, 0.29) is 0 Å². The maximum Gasteiger partial charge on any atom is 0.139 e. The molecule has 1 unspecified atom stereocenters. The van der Waals surface area contributed by atoms with Gasteiger partial charge in [0.15, 0.2) is 0 Å². The molecule has 1 aromatic heterocycles. The Morgan fingerprint density at radius 1 is 1.20 bits per heavy atom. The van der Waals surface area contributed by atoms with Crippen LogP contribution in [0, 0.1) is 0 Å². The molecule has 0 fully saturated rings. The summed E-state index contributed by atoms with van der Waals surface area (Å²) in [7, 11) is 0. The van der Waals surface area contributed by atoms with Crippen molar-refractivity contribution < 1.29 is 9.84 Å². The highest BCUT2D eigenvalue weighted by Gasteiger charge is 2.21. The summed E-state index contributed by atoms with van der Waals surface area (Å²) in [6.07, 6.45) is -0.854. The lowest BCUT2D eigenvalue weighted by molar-refractivity contribution is 0.220. The second-order valence-electron chi connectivity index (χ2n) is 3.92. The monoisotopic (exact) mass is 458 g/mol. The van der Waals surface area contributed by atoms with Crippen LogP contribution in [0.1, 0.15) is 24.2 Å². The molecule has 0 aliphatic heterocycles. The predicted octanol–water partition coefficient (Wildman–Crippen LogP) is 6.06.